The molecule has 2 nitrogen and oxygen atoms in total. The van der Waals surface area contributed by atoms with E-state index in [-0.39, 0.29) is 0 Å². The Balaban J connectivity index is 1.94. The maximum atomic E-state index is 3.64. The first-order valence-corrected chi connectivity index (χ1v) is 6.99. The fourth-order valence-electron chi connectivity index (χ4n) is 3.54. The molecule has 2 rings (SSSR count). The Hall–Kier alpha value is -0.0800. The SMILES string of the molecule is CCNC1CC2CCC(C1)N2CC(C)(C)C. The van der Waals surface area contributed by atoms with Crippen molar-refractivity contribution in [1.82, 2.24) is 10.2 Å². The zero-order chi connectivity index (χ0) is 11.8. The predicted octanol–water partition coefficient (Wildman–Crippen LogP) is 2.64. The second-order valence-electron chi connectivity index (χ2n) is 6.84. The molecule has 0 aromatic rings. The number of rotatable bonds is 3. The summed E-state index contributed by atoms with van der Waals surface area (Å²) in [6, 6.07) is 2.52. The van der Waals surface area contributed by atoms with Gasteiger partial charge in [0.15, 0.2) is 0 Å². The molecule has 2 unspecified atom stereocenters. The molecule has 94 valence electrons. The monoisotopic (exact) mass is 224 g/mol. The molecular formula is C14H28N2. The van der Waals surface area contributed by atoms with E-state index in [1.165, 1.54) is 32.2 Å². The summed E-state index contributed by atoms with van der Waals surface area (Å²) in [6.45, 7) is 11.7. The number of nitrogens with zero attached hydrogens (tertiary/aromatic N) is 1. The lowest BCUT2D eigenvalue weighted by Gasteiger charge is -2.42. The van der Waals surface area contributed by atoms with Crippen molar-refractivity contribution in [1.29, 1.82) is 0 Å². The standard InChI is InChI=1S/C14H28N2/c1-5-15-11-8-12-6-7-13(9-11)16(12)10-14(2,3)4/h11-13,15H,5-10H2,1-4H3. The third-order valence-corrected chi connectivity index (χ3v) is 4.03. The molecule has 0 aromatic carbocycles. The molecule has 0 spiro atoms. The average molecular weight is 224 g/mol. The summed E-state index contributed by atoms with van der Waals surface area (Å²) in [5.74, 6) is 0. The molecule has 16 heavy (non-hydrogen) atoms. The third kappa shape index (κ3) is 2.78. The van der Waals surface area contributed by atoms with Crippen LogP contribution in [-0.2, 0) is 0 Å². The van der Waals surface area contributed by atoms with Crippen molar-refractivity contribution in [2.75, 3.05) is 13.1 Å². The second kappa shape index (κ2) is 4.66. The number of fused-ring (bicyclic) bond motifs is 2. The molecule has 1 N–H and O–H groups in total. The van der Waals surface area contributed by atoms with Crippen LogP contribution in [0, 0.1) is 5.41 Å². The van der Waals surface area contributed by atoms with Gasteiger partial charge in [-0.2, -0.15) is 0 Å². The van der Waals surface area contributed by atoms with Gasteiger partial charge in [0.2, 0.25) is 0 Å². The minimum absolute atomic E-state index is 0.450. The highest BCUT2D eigenvalue weighted by atomic mass is 15.2. The Morgan fingerprint density at radius 3 is 2.12 bits per heavy atom. The molecule has 2 atom stereocenters. The first-order valence-electron chi connectivity index (χ1n) is 6.99. The van der Waals surface area contributed by atoms with Crippen LogP contribution in [0.15, 0.2) is 0 Å². The number of nitrogens with one attached hydrogen (secondary N) is 1. The topological polar surface area (TPSA) is 15.3 Å². The van der Waals surface area contributed by atoms with Crippen molar-refractivity contribution < 1.29 is 0 Å². The maximum Gasteiger partial charge on any atom is 0.0114 e. The van der Waals surface area contributed by atoms with Gasteiger partial charge in [0.05, 0.1) is 0 Å². The normalized spacial score (nSPS) is 35.6. The van der Waals surface area contributed by atoms with E-state index < -0.39 is 0 Å². The van der Waals surface area contributed by atoms with Crippen LogP contribution in [0.1, 0.15) is 53.4 Å². The van der Waals surface area contributed by atoms with Gasteiger partial charge in [0.25, 0.3) is 0 Å². The third-order valence-electron chi connectivity index (χ3n) is 4.03. The number of hydrogen-bond acceptors (Lipinski definition) is 2. The van der Waals surface area contributed by atoms with Gasteiger partial charge in [0, 0.05) is 24.7 Å². The summed E-state index contributed by atoms with van der Waals surface area (Å²) in [5.41, 5.74) is 0.450. The summed E-state index contributed by atoms with van der Waals surface area (Å²) in [6.07, 6.45) is 5.62. The molecule has 0 radical (unpaired) electrons. The minimum atomic E-state index is 0.450. The zero-order valence-corrected chi connectivity index (χ0v) is 11.4. The van der Waals surface area contributed by atoms with Crippen LogP contribution in [0.5, 0.6) is 0 Å². The van der Waals surface area contributed by atoms with Crippen LogP contribution in [0.4, 0.5) is 0 Å². The second-order valence-corrected chi connectivity index (χ2v) is 6.84. The maximum absolute atomic E-state index is 3.64. The van der Waals surface area contributed by atoms with Crippen LogP contribution in [-0.4, -0.2) is 36.1 Å². The molecule has 0 amide bonds. The molecule has 2 fully saturated rings. The molecule has 0 aromatic heterocycles. The Labute approximate surface area is 101 Å². The van der Waals surface area contributed by atoms with Crippen LogP contribution in [0.25, 0.3) is 0 Å². The zero-order valence-electron chi connectivity index (χ0n) is 11.4. The predicted molar refractivity (Wildman–Crippen MR) is 69.7 cm³/mol. The van der Waals surface area contributed by atoms with E-state index in [0.29, 0.717) is 5.41 Å². The van der Waals surface area contributed by atoms with Gasteiger partial charge < -0.3 is 5.32 Å². The molecule has 2 aliphatic rings. The van der Waals surface area contributed by atoms with Crippen molar-refractivity contribution in [3.8, 4) is 0 Å². The number of hydrogen-bond donors (Lipinski definition) is 1. The Morgan fingerprint density at radius 1 is 1.12 bits per heavy atom. The van der Waals surface area contributed by atoms with Crippen molar-refractivity contribution in [3.05, 3.63) is 0 Å². The fourth-order valence-corrected chi connectivity index (χ4v) is 3.54. The summed E-state index contributed by atoms with van der Waals surface area (Å²) >= 11 is 0. The highest BCUT2D eigenvalue weighted by Gasteiger charge is 2.41. The summed E-state index contributed by atoms with van der Waals surface area (Å²) < 4.78 is 0. The summed E-state index contributed by atoms with van der Waals surface area (Å²) in [4.78, 5) is 2.80. The van der Waals surface area contributed by atoms with Crippen LogP contribution < -0.4 is 5.32 Å². The van der Waals surface area contributed by atoms with Gasteiger partial charge in [0.1, 0.15) is 0 Å². The van der Waals surface area contributed by atoms with Crippen molar-refractivity contribution in [3.63, 3.8) is 0 Å². The first-order chi connectivity index (χ1) is 7.49. The van der Waals surface area contributed by atoms with E-state index in [4.69, 9.17) is 0 Å². The van der Waals surface area contributed by atoms with Gasteiger partial charge in [-0.25, -0.2) is 0 Å². The molecule has 2 aliphatic heterocycles. The lowest BCUT2D eigenvalue weighted by molar-refractivity contribution is 0.0800. The van der Waals surface area contributed by atoms with Crippen molar-refractivity contribution in [2.45, 2.75) is 71.5 Å². The Bertz CT molecular complexity index is 217. The van der Waals surface area contributed by atoms with E-state index in [2.05, 4.69) is 37.9 Å². The van der Waals surface area contributed by atoms with Crippen molar-refractivity contribution in [2.24, 2.45) is 5.41 Å². The molecule has 2 bridgehead atoms. The summed E-state index contributed by atoms with van der Waals surface area (Å²) in [7, 11) is 0. The molecule has 2 heteroatoms. The fraction of sp³-hybridized carbons (Fsp3) is 1.00. The lowest BCUT2D eigenvalue weighted by Crippen LogP contribution is -2.51. The Kier molecular flexibility index (Phi) is 3.60. The number of piperidine rings is 1. The molecule has 0 aliphatic carbocycles. The van der Waals surface area contributed by atoms with Crippen LogP contribution in [0.2, 0.25) is 0 Å². The van der Waals surface area contributed by atoms with Crippen molar-refractivity contribution >= 4 is 0 Å². The van der Waals surface area contributed by atoms with Gasteiger partial charge in [-0.3, -0.25) is 4.90 Å². The van der Waals surface area contributed by atoms with Crippen LogP contribution in [0.3, 0.4) is 0 Å². The van der Waals surface area contributed by atoms with Gasteiger partial charge in [-0.1, -0.05) is 27.7 Å². The summed E-state index contributed by atoms with van der Waals surface area (Å²) in [5, 5.41) is 3.64. The molecule has 2 heterocycles. The minimum Gasteiger partial charge on any atom is -0.314 e. The first kappa shape index (κ1) is 12.4. The van der Waals surface area contributed by atoms with Gasteiger partial charge in [-0.15, -0.1) is 0 Å². The van der Waals surface area contributed by atoms with E-state index in [0.717, 1.165) is 24.7 Å². The highest BCUT2D eigenvalue weighted by Crippen LogP contribution is 2.37. The van der Waals surface area contributed by atoms with E-state index in [9.17, 15) is 0 Å². The van der Waals surface area contributed by atoms with Crippen LogP contribution >= 0.6 is 0 Å². The average Bonchev–Trinajstić information content (AvgIpc) is 2.42. The van der Waals surface area contributed by atoms with E-state index >= 15 is 0 Å². The molecule has 0 saturated carbocycles. The van der Waals surface area contributed by atoms with Gasteiger partial charge in [-0.05, 0) is 37.6 Å². The smallest absolute Gasteiger partial charge is 0.0114 e. The molecular weight excluding hydrogens is 196 g/mol. The van der Waals surface area contributed by atoms with Gasteiger partial charge >= 0.3 is 0 Å². The lowest BCUT2D eigenvalue weighted by atomic mass is 9.91. The highest BCUT2D eigenvalue weighted by molar-refractivity contribution is 4.98. The van der Waals surface area contributed by atoms with E-state index in [1.54, 1.807) is 0 Å². The van der Waals surface area contributed by atoms with E-state index in [1.807, 2.05) is 0 Å². The largest absolute Gasteiger partial charge is 0.314 e. The molecule has 2 saturated heterocycles. The Morgan fingerprint density at radius 2 is 1.69 bits per heavy atom. The quantitative estimate of drug-likeness (QED) is 0.793.